The van der Waals surface area contributed by atoms with E-state index in [2.05, 4.69) is 31.9 Å². The summed E-state index contributed by atoms with van der Waals surface area (Å²) >= 11 is 6.74. The number of rotatable bonds is 4. The monoisotopic (exact) mass is 374 g/mol. The highest BCUT2D eigenvalue weighted by atomic mass is 79.9. The molecule has 0 aliphatic carbocycles. The fourth-order valence-corrected chi connectivity index (χ4v) is 2.62. The smallest absolute Gasteiger partial charge is 0.146 e. The number of benzene rings is 1. The maximum absolute atomic E-state index is 10.2. The van der Waals surface area contributed by atoms with Gasteiger partial charge in [0.1, 0.15) is 17.6 Å². The minimum absolute atomic E-state index is 0.425. The zero-order valence-electron chi connectivity index (χ0n) is 9.69. The molecule has 0 aliphatic heterocycles. The number of methoxy groups -OCH3 is 1. The summed E-state index contributed by atoms with van der Waals surface area (Å²) < 4.78 is 12.2. The van der Waals surface area contributed by atoms with Crippen molar-refractivity contribution in [1.29, 1.82) is 0 Å². The summed E-state index contributed by atoms with van der Waals surface area (Å²) in [6.07, 6.45) is 1.26. The van der Waals surface area contributed by atoms with E-state index >= 15 is 0 Å². The molecular weight excluding hydrogens is 364 g/mol. The number of halogens is 2. The van der Waals surface area contributed by atoms with E-state index in [1.54, 1.807) is 19.4 Å². The standard InChI is InChI=1S/C13H12Br2O3/c1-17-12-3-2-9(14)6-8(12)7-11(16)13-10(15)4-5-18-13/h2-6,11,16H,7H2,1H3. The quantitative estimate of drug-likeness (QED) is 0.875. The minimum Gasteiger partial charge on any atom is -0.496 e. The molecule has 0 saturated heterocycles. The molecule has 0 spiro atoms. The predicted octanol–water partition coefficient (Wildman–Crippen LogP) is 4.09. The molecule has 2 rings (SSSR count). The predicted molar refractivity (Wildman–Crippen MR) is 75.8 cm³/mol. The highest BCUT2D eigenvalue weighted by molar-refractivity contribution is 9.10. The molecule has 0 aliphatic rings. The summed E-state index contributed by atoms with van der Waals surface area (Å²) in [5.41, 5.74) is 0.919. The third-order valence-electron chi connectivity index (χ3n) is 2.60. The fraction of sp³-hybridized carbons (Fsp3) is 0.231. The number of furan rings is 1. The molecule has 5 heteroatoms. The molecule has 1 unspecified atom stereocenters. The molecular formula is C13H12Br2O3. The zero-order chi connectivity index (χ0) is 13.1. The minimum atomic E-state index is -0.711. The molecule has 0 radical (unpaired) electrons. The fourth-order valence-electron chi connectivity index (χ4n) is 1.75. The van der Waals surface area contributed by atoms with E-state index in [1.165, 1.54) is 0 Å². The first-order valence-electron chi connectivity index (χ1n) is 5.35. The van der Waals surface area contributed by atoms with Gasteiger partial charge in [-0.15, -0.1) is 0 Å². The molecule has 0 saturated carbocycles. The van der Waals surface area contributed by atoms with Crippen LogP contribution >= 0.6 is 31.9 Å². The van der Waals surface area contributed by atoms with Crippen LogP contribution < -0.4 is 4.74 Å². The molecule has 2 aromatic rings. The summed E-state index contributed by atoms with van der Waals surface area (Å²) in [7, 11) is 1.61. The number of hydrogen-bond donors (Lipinski definition) is 1. The van der Waals surface area contributed by atoms with Crippen LogP contribution in [0.4, 0.5) is 0 Å². The molecule has 96 valence electrons. The Bertz CT molecular complexity index is 537. The molecule has 0 amide bonds. The van der Waals surface area contributed by atoms with Gasteiger partial charge in [-0.05, 0) is 45.8 Å². The summed E-state index contributed by atoms with van der Waals surface area (Å²) in [4.78, 5) is 0. The molecule has 18 heavy (non-hydrogen) atoms. The van der Waals surface area contributed by atoms with Crippen LogP contribution in [0.3, 0.4) is 0 Å². The summed E-state index contributed by atoms with van der Waals surface area (Å²) in [5.74, 6) is 1.27. The lowest BCUT2D eigenvalue weighted by Gasteiger charge is -2.12. The van der Waals surface area contributed by atoms with Gasteiger partial charge in [0, 0.05) is 10.9 Å². The number of hydrogen-bond acceptors (Lipinski definition) is 3. The van der Waals surface area contributed by atoms with Crippen molar-refractivity contribution in [2.75, 3.05) is 7.11 Å². The van der Waals surface area contributed by atoms with Crippen LogP contribution in [0.5, 0.6) is 5.75 Å². The number of aliphatic hydroxyl groups excluding tert-OH is 1. The topological polar surface area (TPSA) is 42.6 Å². The Morgan fingerprint density at radius 2 is 2.11 bits per heavy atom. The van der Waals surface area contributed by atoms with Gasteiger partial charge in [-0.1, -0.05) is 15.9 Å². The third kappa shape index (κ3) is 2.96. The second-order valence-corrected chi connectivity index (χ2v) is 5.58. The number of aliphatic hydroxyl groups is 1. The second-order valence-electron chi connectivity index (χ2n) is 3.81. The summed E-state index contributed by atoms with van der Waals surface area (Å²) in [6, 6.07) is 7.45. The Labute approximate surface area is 122 Å². The zero-order valence-corrected chi connectivity index (χ0v) is 12.9. The first-order chi connectivity index (χ1) is 8.61. The highest BCUT2D eigenvalue weighted by Crippen LogP contribution is 2.31. The van der Waals surface area contributed by atoms with E-state index in [9.17, 15) is 5.11 Å². The van der Waals surface area contributed by atoms with Crippen LogP contribution in [0, 0.1) is 0 Å². The highest BCUT2D eigenvalue weighted by Gasteiger charge is 2.17. The normalized spacial score (nSPS) is 12.4. The second kappa shape index (κ2) is 5.91. The molecule has 1 heterocycles. The van der Waals surface area contributed by atoms with Gasteiger partial charge < -0.3 is 14.3 Å². The van der Waals surface area contributed by atoms with Crippen LogP contribution in [0.2, 0.25) is 0 Å². The first kappa shape index (κ1) is 13.6. The summed E-state index contributed by atoms with van der Waals surface area (Å²) in [5, 5.41) is 10.2. The molecule has 0 bridgehead atoms. The molecule has 1 atom stereocenters. The lowest BCUT2D eigenvalue weighted by Crippen LogP contribution is -2.03. The lowest BCUT2D eigenvalue weighted by atomic mass is 10.1. The van der Waals surface area contributed by atoms with Gasteiger partial charge in [-0.3, -0.25) is 0 Å². The molecule has 3 nitrogen and oxygen atoms in total. The van der Waals surface area contributed by atoms with Gasteiger partial charge in [-0.2, -0.15) is 0 Å². The van der Waals surface area contributed by atoms with Crippen molar-refractivity contribution in [1.82, 2.24) is 0 Å². The Balaban J connectivity index is 2.23. The summed E-state index contributed by atoms with van der Waals surface area (Å²) in [6.45, 7) is 0. The van der Waals surface area contributed by atoms with Crippen LogP contribution in [0.1, 0.15) is 17.4 Å². The lowest BCUT2D eigenvalue weighted by molar-refractivity contribution is 0.148. The third-order valence-corrected chi connectivity index (χ3v) is 3.75. The Morgan fingerprint density at radius 3 is 2.72 bits per heavy atom. The van der Waals surface area contributed by atoms with Crippen molar-refractivity contribution in [2.45, 2.75) is 12.5 Å². The first-order valence-corrected chi connectivity index (χ1v) is 6.93. The van der Waals surface area contributed by atoms with Crippen molar-refractivity contribution in [3.05, 3.63) is 50.8 Å². The molecule has 0 fully saturated rings. The molecule has 1 aromatic heterocycles. The van der Waals surface area contributed by atoms with E-state index in [1.807, 2.05) is 18.2 Å². The van der Waals surface area contributed by atoms with E-state index in [-0.39, 0.29) is 0 Å². The van der Waals surface area contributed by atoms with Crippen LogP contribution in [-0.4, -0.2) is 12.2 Å². The molecule has 1 N–H and O–H groups in total. The molecule has 1 aromatic carbocycles. The average molecular weight is 376 g/mol. The van der Waals surface area contributed by atoms with Gasteiger partial charge in [0.05, 0.1) is 17.8 Å². The van der Waals surface area contributed by atoms with Gasteiger partial charge in [0.2, 0.25) is 0 Å². The van der Waals surface area contributed by atoms with Crippen molar-refractivity contribution >= 4 is 31.9 Å². The van der Waals surface area contributed by atoms with E-state index < -0.39 is 6.10 Å². The van der Waals surface area contributed by atoms with E-state index in [4.69, 9.17) is 9.15 Å². The van der Waals surface area contributed by atoms with Crippen LogP contribution in [-0.2, 0) is 6.42 Å². The van der Waals surface area contributed by atoms with Crippen LogP contribution in [0.15, 0.2) is 43.9 Å². The van der Waals surface area contributed by atoms with Gasteiger partial charge in [-0.25, -0.2) is 0 Å². The largest absolute Gasteiger partial charge is 0.496 e. The maximum Gasteiger partial charge on any atom is 0.146 e. The Morgan fingerprint density at radius 1 is 1.33 bits per heavy atom. The van der Waals surface area contributed by atoms with Gasteiger partial charge in [0.25, 0.3) is 0 Å². The van der Waals surface area contributed by atoms with Gasteiger partial charge >= 0.3 is 0 Å². The van der Waals surface area contributed by atoms with E-state index in [0.29, 0.717) is 12.2 Å². The number of ether oxygens (including phenoxy) is 1. The van der Waals surface area contributed by atoms with Crippen molar-refractivity contribution in [3.8, 4) is 5.75 Å². The maximum atomic E-state index is 10.2. The van der Waals surface area contributed by atoms with Crippen molar-refractivity contribution in [2.24, 2.45) is 0 Å². The Kier molecular flexibility index (Phi) is 4.48. The Hall–Kier alpha value is -0.780. The SMILES string of the molecule is COc1ccc(Br)cc1CC(O)c1occc1Br. The van der Waals surface area contributed by atoms with E-state index in [0.717, 1.165) is 20.3 Å². The average Bonchev–Trinajstić information content (AvgIpc) is 2.76. The van der Waals surface area contributed by atoms with Crippen LogP contribution in [0.25, 0.3) is 0 Å². The van der Waals surface area contributed by atoms with Crippen molar-refractivity contribution < 1.29 is 14.3 Å². The van der Waals surface area contributed by atoms with Gasteiger partial charge in [0.15, 0.2) is 0 Å². The van der Waals surface area contributed by atoms with Crippen molar-refractivity contribution in [3.63, 3.8) is 0 Å².